The van der Waals surface area contributed by atoms with Crippen molar-refractivity contribution in [2.45, 2.75) is 32.4 Å². The highest BCUT2D eigenvalue weighted by molar-refractivity contribution is 6.31. The number of likely N-dealkylation sites (N-methyl/N-ethyl adjacent to an activating group) is 1. The van der Waals surface area contributed by atoms with Crippen molar-refractivity contribution in [3.63, 3.8) is 0 Å². The van der Waals surface area contributed by atoms with Crippen molar-refractivity contribution in [3.05, 3.63) is 104 Å². The molecule has 0 aliphatic carbocycles. The molecule has 2 aliphatic rings. The SMILES string of the molecule is Cc1cc2ccc1[C@@H](C)COC(=O)Nc1ccc(Cl)c(c1)CN(C)C(=O)[C@@H]2Nc1ccc2cc[nH]c(=O)c2c1. The van der Waals surface area contributed by atoms with E-state index in [4.69, 9.17) is 16.3 Å². The number of hydrogen-bond acceptors (Lipinski definition) is 5. The normalized spacial score (nSPS) is 18.1. The maximum absolute atomic E-state index is 14.0. The number of ether oxygens (including phenoxy) is 1. The average Bonchev–Trinajstić information content (AvgIpc) is 2.91. The van der Waals surface area contributed by atoms with Gasteiger partial charge in [0.05, 0.1) is 6.61 Å². The molecule has 3 heterocycles. The summed E-state index contributed by atoms with van der Waals surface area (Å²) in [6.07, 6.45) is 1.06. The van der Waals surface area contributed by atoms with Crippen LogP contribution in [0.2, 0.25) is 5.02 Å². The minimum Gasteiger partial charge on any atom is -0.449 e. The first kappa shape index (κ1) is 26.3. The third kappa shape index (κ3) is 5.61. The van der Waals surface area contributed by atoms with Gasteiger partial charge in [-0.1, -0.05) is 42.8 Å². The number of aromatic nitrogens is 1. The van der Waals surface area contributed by atoms with Gasteiger partial charge in [0.15, 0.2) is 0 Å². The zero-order valence-electron chi connectivity index (χ0n) is 21.9. The average molecular weight is 545 g/mol. The fraction of sp³-hybridized carbons (Fsp3) is 0.233. The van der Waals surface area contributed by atoms with Gasteiger partial charge >= 0.3 is 6.09 Å². The van der Waals surface area contributed by atoms with Gasteiger partial charge in [-0.25, -0.2) is 4.79 Å². The fourth-order valence-corrected chi connectivity index (χ4v) is 5.11. The molecule has 4 bridgehead atoms. The smallest absolute Gasteiger partial charge is 0.411 e. The quantitative estimate of drug-likeness (QED) is 0.288. The number of nitrogens with zero attached hydrogens (tertiary/aromatic N) is 1. The second kappa shape index (κ2) is 10.8. The van der Waals surface area contributed by atoms with Crippen LogP contribution in [0.4, 0.5) is 16.2 Å². The first-order chi connectivity index (χ1) is 18.7. The van der Waals surface area contributed by atoms with Crippen LogP contribution in [0.1, 0.15) is 41.1 Å². The van der Waals surface area contributed by atoms with Crippen molar-refractivity contribution in [2.75, 3.05) is 24.3 Å². The van der Waals surface area contributed by atoms with Crippen molar-refractivity contribution in [1.29, 1.82) is 0 Å². The van der Waals surface area contributed by atoms with Gasteiger partial charge in [-0.2, -0.15) is 0 Å². The van der Waals surface area contributed by atoms with Crippen LogP contribution in [-0.4, -0.2) is 35.5 Å². The van der Waals surface area contributed by atoms with E-state index in [1.54, 1.807) is 42.4 Å². The second-order valence-corrected chi connectivity index (χ2v) is 10.3. The van der Waals surface area contributed by atoms with Crippen LogP contribution in [0, 0.1) is 6.92 Å². The Balaban J connectivity index is 1.57. The third-order valence-corrected chi connectivity index (χ3v) is 7.40. The van der Waals surface area contributed by atoms with Gasteiger partial charge in [0.1, 0.15) is 6.04 Å². The second-order valence-electron chi connectivity index (χ2n) is 9.93. The number of aryl methyl sites for hydroxylation is 1. The molecule has 2 amide bonds. The fourth-order valence-electron chi connectivity index (χ4n) is 4.93. The zero-order chi connectivity index (χ0) is 27.7. The number of fused-ring (bicyclic) bond motifs is 10. The summed E-state index contributed by atoms with van der Waals surface area (Å²) >= 11 is 6.46. The summed E-state index contributed by atoms with van der Waals surface area (Å²) in [6, 6.07) is 17.5. The van der Waals surface area contributed by atoms with Crippen molar-refractivity contribution < 1.29 is 14.3 Å². The van der Waals surface area contributed by atoms with Crippen molar-refractivity contribution in [2.24, 2.45) is 0 Å². The van der Waals surface area contributed by atoms with Crippen molar-refractivity contribution in [1.82, 2.24) is 9.88 Å². The predicted octanol–water partition coefficient (Wildman–Crippen LogP) is 5.97. The number of nitrogens with one attached hydrogen (secondary N) is 3. The summed E-state index contributed by atoms with van der Waals surface area (Å²) in [4.78, 5) is 43.1. The Kier molecular flexibility index (Phi) is 7.30. The Morgan fingerprint density at radius 3 is 2.64 bits per heavy atom. The highest BCUT2D eigenvalue weighted by Crippen LogP contribution is 2.30. The molecular formula is C30H29ClN4O4. The molecule has 3 aromatic carbocycles. The molecule has 9 heteroatoms. The van der Waals surface area contributed by atoms with E-state index in [1.807, 2.05) is 50.2 Å². The van der Waals surface area contributed by atoms with Crippen LogP contribution in [0.3, 0.4) is 0 Å². The maximum Gasteiger partial charge on any atom is 0.411 e. The summed E-state index contributed by atoms with van der Waals surface area (Å²) in [5, 5.41) is 7.92. The molecule has 6 rings (SSSR count). The van der Waals surface area contributed by atoms with Gasteiger partial charge in [-0.3, -0.25) is 14.9 Å². The number of amides is 2. The monoisotopic (exact) mass is 544 g/mol. The molecule has 0 radical (unpaired) electrons. The van der Waals surface area contributed by atoms with Gasteiger partial charge in [0, 0.05) is 47.5 Å². The number of rotatable bonds is 2. The molecule has 39 heavy (non-hydrogen) atoms. The zero-order valence-corrected chi connectivity index (χ0v) is 22.6. The number of carbonyl (C=O) groups excluding carboxylic acids is 2. The lowest BCUT2D eigenvalue weighted by Gasteiger charge is -2.27. The number of H-pyrrole nitrogens is 1. The summed E-state index contributed by atoms with van der Waals surface area (Å²) in [5.41, 5.74) is 4.41. The number of aromatic amines is 1. The Morgan fingerprint density at radius 2 is 1.85 bits per heavy atom. The minimum atomic E-state index is -0.732. The van der Waals surface area contributed by atoms with Gasteiger partial charge in [0.25, 0.3) is 5.56 Å². The first-order valence-corrected chi connectivity index (χ1v) is 13.0. The van der Waals surface area contributed by atoms with Gasteiger partial charge in [0.2, 0.25) is 5.91 Å². The van der Waals surface area contributed by atoms with E-state index in [-0.39, 0.29) is 30.5 Å². The molecule has 1 aromatic heterocycles. The Bertz CT molecular complexity index is 1630. The molecule has 0 fully saturated rings. The number of benzene rings is 3. The molecule has 8 nitrogen and oxygen atoms in total. The van der Waals surface area contributed by atoms with E-state index in [0.29, 0.717) is 27.3 Å². The van der Waals surface area contributed by atoms with E-state index in [2.05, 4.69) is 15.6 Å². The number of halogens is 1. The lowest BCUT2D eigenvalue weighted by atomic mass is 9.93. The molecule has 0 spiro atoms. The molecule has 2 atom stereocenters. The number of carbonyl (C=O) groups is 2. The van der Waals surface area contributed by atoms with E-state index < -0.39 is 12.1 Å². The molecule has 0 saturated carbocycles. The molecule has 0 unspecified atom stereocenters. The van der Waals surface area contributed by atoms with Crippen LogP contribution in [0.5, 0.6) is 0 Å². The van der Waals surface area contributed by atoms with E-state index in [9.17, 15) is 14.4 Å². The van der Waals surface area contributed by atoms with E-state index in [1.165, 1.54) is 0 Å². The highest BCUT2D eigenvalue weighted by atomic mass is 35.5. The molecular weight excluding hydrogens is 516 g/mol. The summed E-state index contributed by atoms with van der Waals surface area (Å²) in [5.74, 6) is -0.242. The highest BCUT2D eigenvalue weighted by Gasteiger charge is 2.26. The number of anilines is 2. The summed E-state index contributed by atoms with van der Waals surface area (Å²) in [7, 11) is 1.71. The van der Waals surface area contributed by atoms with Crippen LogP contribution < -0.4 is 16.2 Å². The van der Waals surface area contributed by atoms with Crippen molar-refractivity contribution in [3.8, 4) is 0 Å². The summed E-state index contributed by atoms with van der Waals surface area (Å²) in [6.45, 7) is 4.37. The maximum atomic E-state index is 14.0. The standard InChI is InChI=1S/C30H29ClN4O4/c1-17-12-20-5-8-24(17)18(2)16-39-30(38)34-22-7-9-26(31)21(13-22)15-35(3)29(37)27(20)33-23-6-4-19-10-11-32-28(36)25(19)14-23/h4-14,18,27,33H,15-16H2,1-3H3,(H,32,36)(H,34,38)/t18-,27+/m0/s1. The van der Waals surface area contributed by atoms with Gasteiger partial charge in [-0.05, 0) is 71.0 Å². The minimum absolute atomic E-state index is 0.0597. The Morgan fingerprint density at radius 1 is 1.03 bits per heavy atom. The lowest BCUT2D eigenvalue weighted by Crippen LogP contribution is -2.35. The van der Waals surface area contributed by atoms with E-state index in [0.717, 1.165) is 22.1 Å². The Labute approximate surface area is 230 Å². The number of pyridine rings is 1. The topological polar surface area (TPSA) is 104 Å². The predicted molar refractivity (Wildman–Crippen MR) is 153 cm³/mol. The van der Waals surface area contributed by atoms with Crippen molar-refractivity contribution >= 4 is 45.7 Å². The molecule has 0 saturated heterocycles. The molecule has 4 aromatic rings. The first-order valence-electron chi connectivity index (χ1n) is 12.6. The lowest BCUT2D eigenvalue weighted by molar-refractivity contribution is -0.131. The van der Waals surface area contributed by atoms with Crippen LogP contribution in [0.25, 0.3) is 10.8 Å². The third-order valence-electron chi connectivity index (χ3n) is 7.03. The van der Waals surface area contributed by atoms with Crippen LogP contribution in [0.15, 0.2) is 71.7 Å². The molecule has 2 aliphatic heterocycles. The molecule has 200 valence electrons. The Hall–Kier alpha value is -4.30. The van der Waals surface area contributed by atoms with Crippen LogP contribution >= 0.6 is 11.6 Å². The van der Waals surface area contributed by atoms with Gasteiger partial charge in [-0.15, -0.1) is 0 Å². The van der Waals surface area contributed by atoms with Gasteiger partial charge < -0.3 is 19.9 Å². The molecule has 3 N–H and O–H groups in total. The van der Waals surface area contributed by atoms with Crippen LogP contribution in [-0.2, 0) is 16.1 Å². The largest absolute Gasteiger partial charge is 0.449 e. The van der Waals surface area contributed by atoms with E-state index >= 15 is 0 Å². The summed E-state index contributed by atoms with van der Waals surface area (Å²) < 4.78 is 5.49. The number of hydrogen-bond donors (Lipinski definition) is 3.